The van der Waals surface area contributed by atoms with Gasteiger partial charge in [0.2, 0.25) is 0 Å². The number of alkyl halides is 3. The molecule has 1 unspecified atom stereocenters. The van der Waals surface area contributed by atoms with Gasteiger partial charge in [0, 0.05) is 40.4 Å². The molecule has 3 amide bonds. The number of anilines is 1. The third-order valence-electron chi connectivity index (χ3n) is 6.09. The van der Waals surface area contributed by atoms with Gasteiger partial charge in [-0.05, 0) is 55.2 Å². The number of nitrogens with one attached hydrogen (secondary N) is 4. The number of amides is 3. The van der Waals surface area contributed by atoms with Gasteiger partial charge in [0.25, 0.3) is 5.91 Å². The minimum absolute atomic E-state index is 0.0280. The van der Waals surface area contributed by atoms with Gasteiger partial charge in [0.05, 0.1) is 30.4 Å². The summed E-state index contributed by atoms with van der Waals surface area (Å²) in [6.45, 7) is 0.657. The maximum atomic E-state index is 13.1. The summed E-state index contributed by atoms with van der Waals surface area (Å²) in [5, 5.41) is 17.2. The van der Waals surface area contributed by atoms with Crippen molar-refractivity contribution in [2.75, 3.05) is 31.7 Å². The normalized spacial score (nSPS) is 15.3. The molecule has 1 aliphatic rings. The first-order chi connectivity index (χ1) is 17.7. The van der Waals surface area contributed by atoms with E-state index in [1.807, 2.05) is 6.07 Å². The first-order valence-electron chi connectivity index (χ1n) is 11.7. The van der Waals surface area contributed by atoms with E-state index in [1.165, 1.54) is 6.07 Å². The van der Waals surface area contributed by atoms with Crippen molar-refractivity contribution in [1.82, 2.24) is 15.6 Å². The van der Waals surface area contributed by atoms with Gasteiger partial charge in [-0.1, -0.05) is 17.7 Å². The lowest BCUT2D eigenvalue weighted by atomic mass is 9.90. The predicted molar refractivity (Wildman–Crippen MR) is 133 cm³/mol. The van der Waals surface area contributed by atoms with Crippen LogP contribution in [0.2, 0.25) is 5.02 Å². The lowest BCUT2D eigenvalue weighted by molar-refractivity contribution is -0.137. The van der Waals surface area contributed by atoms with Crippen LogP contribution in [-0.2, 0) is 23.8 Å². The number of aliphatic hydroxyl groups excluding tert-OH is 1. The van der Waals surface area contributed by atoms with Crippen molar-refractivity contribution in [3.8, 4) is 0 Å². The van der Waals surface area contributed by atoms with E-state index in [0.717, 1.165) is 34.3 Å². The van der Waals surface area contributed by atoms with E-state index in [9.17, 15) is 22.8 Å². The highest BCUT2D eigenvalue weighted by Gasteiger charge is 2.33. The Labute approximate surface area is 215 Å². The lowest BCUT2D eigenvalue weighted by Gasteiger charge is -2.24. The van der Waals surface area contributed by atoms with Crippen LogP contribution in [0.5, 0.6) is 0 Å². The zero-order valence-electron chi connectivity index (χ0n) is 19.7. The first-order valence-corrected chi connectivity index (χ1v) is 12.1. The number of ether oxygens (including phenoxy) is 1. The fourth-order valence-electron chi connectivity index (χ4n) is 4.46. The van der Waals surface area contributed by atoms with Gasteiger partial charge in [-0.25, -0.2) is 4.79 Å². The van der Waals surface area contributed by atoms with Crippen molar-refractivity contribution < 1.29 is 32.6 Å². The molecule has 1 aromatic heterocycles. The van der Waals surface area contributed by atoms with Crippen molar-refractivity contribution in [3.05, 3.63) is 63.8 Å². The molecular formula is C25H26ClF3N4O4. The van der Waals surface area contributed by atoms with Crippen molar-refractivity contribution in [3.63, 3.8) is 0 Å². The summed E-state index contributed by atoms with van der Waals surface area (Å²) in [5.41, 5.74) is 2.13. The molecule has 8 nitrogen and oxygen atoms in total. The molecule has 3 aromatic rings. The molecule has 0 radical (unpaired) electrons. The Morgan fingerprint density at radius 3 is 2.76 bits per heavy atom. The second-order valence-corrected chi connectivity index (χ2v) is 9.04. The molecule has 0 spiro atoms. The summed E-state index contributed by atoms with van der Waals surface area (Å²) in [7, 11) is 0. The van der Waals surface area contributed by atoms with E-state index < -0.39 is 22.8 Å². The number of fused-ring (bicyclic) bond motifs is 3. The van der Waals surface area contributed by atoms with E-state index in [1.54, 1.807) is 12.1 Å². The summed E-state index contributed by atoms with van der Waals surface area (Å²) in [4.78, 5) is 28.8. The molecule has 1 aliphatic carbocycles. The lowest BCUT2D eigenvalue weighted by Crippen LogP contribution is -2.41. The molecule has 5 N–H and O–H groups in total. The van der Waals surface area contributed by atoms with Crippen LogP contribution in [0.3, 0.4) is 0 Å². The van der Waals surface area contributed by atoms with Crippen molar-refractivity contribution in [2.24, 2.45) is 0 Å². The number of carbonyl (C=O) groups is 2. The number of aryl methyl sites for hydroxylation is 1. The summed E-state index contributed by atoms with van der Waals surface area (Å²) in [6, 6.07) is 7.64. The highest BCUT2D eigenvalue weighted by Crippen LogP contribution is 2.36. The van der Waals surface area contributed by atoms with Gasteiger partial charge in [-0.3, -0.25) is 4.79 Å². The average Bonchev–Trinajstić information content (AvgIpc) is 3.22. The topological polar surface area (TPSA) is 115 Å². The first kappa shape index (κ1) is 26.8. The molecule has 1 heterocycles. The number of urea groups is 1. The Morgan fingerprint density at radius 2 is 2.00 bits per heavy atom. The van der Waals surface area contributed by atoms with E-state index >= 15 is 0 Å². The van der Waals surface area contributed by atoms with E-state index in [0.29, 0.717) is 24.8 Å². The number of aromatic amines is 1. The zero-order valence-corrected chi connectivity index (χ0v) is 20.4. The number of rotatable bonds is 8. The molecule has 0 aliphatic heterocycles. The molecule has 0 saturated carbocycles. The summed E-state index contributed by atoms with van der Waals surface area (Å²) in [6.07, 6.45) is -2.95. The molecule has 2 aromatic carbocycles. The Balaban J connectivity index is 1.45. The summed E-state index contributed by atoms with van der Waals surface area (Å²) in [5.74, 6) is -0.268. The Bertz CT molecular complexity index is 1290. The van der Waals surface area contributed by atoms with Gasteiger partial charge in [0.1, 0.15) is 0 Å². The van der Waals surface area contributed by atoms with E-state index in [-0.39, 0.29) is 44.0 Å². The number of carbonyl (C=O) groups excluding carboxylic acids is 2. The van der Waals surface area contributed by atoms with Crippen molar-refractivity contribution >= 4 is 40.1 Å². The van der Waals surface area contributed by atoms with Crippen LogP contribution < -0.4 is 16.0 Å². The third-order valence-corrected chi connectivity index (χ3v) is 6.42. The zero-order chi connectivity index (χ0) is 26.6. The van der Waals surface area contributed by atoms with Crippen molar-refractivity contribution in [1.29, 1.82) is 0 Å². The minimum Gasteiger partial charge on any atom is -0.394 e. The molecular weight excluding hydrogens is 513 g/mol. The fourth-order valence-corrected chi connectivity index (χ4v) is 4.68. The molecule has 4 rings (SSSR count). The number of benzene rings is 2. The molecule has 0 fully saturated rings. The van der Waals surface area contributed by atoms with Crippen LogP contribution in [-0.4, -0.2) is 54.4 Å². The number of aromatic nitrogens is 1. The monoisotopic (exact) mass is 538 g/mol. The number of hydrogen-bond acceptors (Lipinski definition) is 4. The highest BCUT2D eigenvalue weighted by molar-refractivity contribution is 6.31. The Hall–Kier alpha value is -3.28. The molecule has 198 valence electrons. The quantitative estimate of drug-likeness (QED) is 0.276. The smallest absolute Gasteiger partial charge is 0.394 e. The fraction of sp³-hybridized carbons (Fsp3) is 0.360. The number of aliphatic hydroxyl groups is 1. The molecule has 1 atom stereocenters. The number of halogens is 4. The molecule has 37 heavy (non-hydrogen) atoms. The predicted octanol–water partition coefficient (Wildman–Crippen LogP) is 4.26. The maximum absolute atomic E-state index is 13.1. The van der Waals surface area contributed by atoms with Crippen LogP contribution in [0, 0.1) is 0 Å². The van der Waals surface area contributed by atoms with Gasteiger partial charge in [-0.15, -0.1) is 0 Å². The number of H-pyrrole nitrogens is 1. The Kier molecular flexibility index (Phi) is 8.25. The molecule has 0 bridgehead atoms. The summed E-state index contributed by atoms with van der Waals surface area (Å²) < 4.78 is 44.5. The second-order valence-electron chi connectivity index (χ2n) is 8.63. The highest BCUT2D eigenvalue weighted by atomic mass is 35.5. The standard InChI is InChI=1S/C25H26ClF3N4O4/c26-19-6-4-15(13-18(19)25(27,28)29)32-24(36)31-14-5-7-20-17(12-14)22-16(2-1-3-21(22)33-20)23(35)30-8-10-37-11-9-34/h1-4,6,13-14,33-34H,5,7-12H2,(H,30,35)(H2,31,32,36). The van der Waals surface area contributed by atoms with Gasteiger partial charge >= 0.3 is 12.2 Å². The van der Waals surface area contributed by atoms with Crippen LogP contribution in [0.25, 0.3) is 10.9 Å². The van der Waals surface area contributed by atoms with Crippen LogP contribution in [0.15, 0.2) is 36.4 Å². The SMILES string of the molecule is O=C(Nc1ccc(Cl)c(C(F)(F)F)c1)NC1CCc2[nH]c3cccc(C(=O)NCCOCCO)c3c2C1. The van der Waals surface area contributed by atoms with E-state index in [2.05, 4.69) is 20.9 Å². The molecule has 12 heteroatoms. The van der Waals surface area contributed by atoms with E-state index in [4.69, 9.17) is 21.4 Å². The minimum atomic E-state index is -4.64. The van der Waals surface area contributed by atoms with Gasteiger partial charge in [-0.2, -0.15) is 13.2 Å². The van der Waals surface area contributed by atoms with Gasteiger partial charge in [0.15, 0.2) is 0 Å². The van der Waals surface area contributed by atoms with Crippen LogP contribution in [0.4, 0.5) is 23.7 Å². The number of hydrogen-bond donors (Lipinski definition) is 5. The summed E-state index contributed by atoms with van der Waals surface area (Å²) >= 11 is 5.65. The average molecular weight is 539 g/mol. The maximum Gasteiger partial charge on any atom is 0.417 e. The van der Waals surface area contributed by atoms with Gasteiger partial charge < -0.3 is 30.8 Å². The van der Waals surface area contributed by atoms with Crippen molar-refractivity contribution in [2.45, 2.75) is 31.5 Å². The largest absolute Gasteiger partial charge is 0.417 e. The van der Waals surface area contributed by atoms with Crippen LogP contribution >= 0.6 is 11.6 Å². The second kappa shape index (κ2) is 11.4. The molecule has 0 saturated heterocycles. The third kappa shape index (κ3) is 6.35. The van der Waals surface area contributed by atoms with Crippen LogP contribution in [0.1, 0.15) is 33.6 Å². The Morgan fingerprint density at radius 1 is 1.19 bits per heavy atom.